The van der Waals surface area contributed by atoms with E-state index in [0.717, 1.165) is 5.57 Å². The van der Waals surface area contributed by atoms with Gasteiger partial charge in [-0.05, 0) is 25.0 Å². The molecule has 13 heavy (non-hydrogen) atoms. The quantitative estimate of drug-likeness (QED) is 0.606. The van der Waals surface area contributed by atoms with Crippen molar-refractivity contribution < 1.29 is 9.53 Å². The minimum absolute atomic E-state index is 0.223. The third kappa shape index (κ3) is 2.74. The Labute approximate surface area is 82.5 Å². The summed E-state index contributed by atoms with van der Waals surface area (Å²) in [5, 5.41) is 0.547. The molecule has 1 rings (SSSR count). The van der Waals surface area contributed by atoms with E-state index in [1.165, 1.54) is 0 Å². The van der Waals surface area contributed by atoms with Crippen LogP contribution in [0.4, 0.5) is 0 Å². The van der Waals surface area contributed by atoms with Crippen LogP contribution in [0.1, 0.15) is 19.8 Å². The highest BCUT2D eigenvalue weighted by Gasteiger charge is 2.17. The first-order chi connectivity index (χ1) is 6.13. The van der Waals surface area contributed by atoms with Crippen molar-refractivity contribution in [1.82, 2.24) is 0 Å². The third-order valence-electron chi connectivity index (χ3n) is 1.75. The Morgan fingerprint density at radius 2 is 2.31 bits per heavy atom. The van der Waals surface area contributed by atoms with Gasteiger partial charge in [0.25, 0.3) is 0 Å². The van der Waals surface area contributed by atoms with Gasteiger partial charge in [0.1, 0.15) is 5.76 Å². The number of allylic oxidation sites excluding steroid dienone is 4. The normalized spacial score (nSPS) is 22.0. The maximum Gasteiger partial charge on any atom is 0.311 e. The molecule has 0 aromatic heterocycles. The number of halogens is 1. The second-order valence-electron chi connectivity index (χ2n) is 2.76. The summed E-state index contributed by atoms with van der Waals surface area (Å²) >= 11 is 5.76. The number of cyclic esters (lactones) is 1. The van der Waals surface area contributed by atoms with E-state index in [9.17, 15) is 4.79 Å². The minimum atomic E-state index is -0.223. The van der Waals surface area contributed by atoms with E-state index in [1.807, 2.05) is 6.92 Å². The topological polar surface area (TPSA) is 26.3 Å². The highest BCUT2D eigenvalue weighted by atomic mass is 35.5. The monoisotopic (exact) mass is 198 g/mol. The first kappa shape index (κ1) is 10.1. The van der Waals surface area contributed by atoms with Gasteiger partial charge in [-0.3, -0.25) is 4.79 Å². The van der Waals surface area contributed by atoms with E-state index in [1.54, 1.807) is 12.2 Å². The fourth-order valence-electron chi connectivity index (χ4n) is 0.962. The Hall–Kier alpha value is -1.02. The van der Waals surface area contributed by atoms with Gasteiger partial charge in [0.15, 0.2) is 0 Å². The zero-order valence-electron chi connectivity index (χ0n) is 7.47. The molecule has 0 saturated carbocycles. The summed E-state index contributed by atoms with van der Waals surface area (Å²) in [6.45, 7) is 5.60. The largest absolute Gasteiger partial charge is 0.426 e. The molecule has 2 nitrogen and oxygen atoms in total. The van der Waals surface area contributed by atoms with Crippen LogP contribution < -0.4 is 0 Å². The van der Waals surface area contributed by atoms with Gasteiger partial charge in [-0.2, -0.15) is 0 Å². The predicted octanol–water partition coefficient (Wildman–Crippen LogP) is 2.91. The fourth-order valence-corrected chi connectivity index (χ4v) is 1.06. The molecule has 0 bridgehead atoms. The second kappa shape index (κ2) is 4.28. The Kier molecular flexibility index (Phi) is 3.32. The zero-order valence-corrected chi connectivity index (χ0v) is 8.23. The van der Waals surface area contributed by atoms with Crippen molar-refractivity contribution in [1.29, 1.82) is 0 Å². The molecule has 1 aliphatic rings. The molecule has 0 unspecified atom stereocenters. The van der Waals surface area contributed by atoms with Crippen molar-refractivity contribution in [3.8, 4) is 0 Å². The number of carbonyl (C=O) groups excluding carboxylic acids is 1. The van der Waals surface area contributed by atoms with Crippen LogP contribution in [0.25, 0.3) is 0 Å². The average Bonchev–Trinajstić information content (AvgIpc) is 2.11. The Balaban J connectivity index is 2.82. The standard InChI is InChI=1S/C10H11ClO2/c1-3-8(11)6-9-7(2)4-5-10(12)13-9/h3,6H,2,4-5H2,1H3/b8-3+,9-6+. The van der Waals surface area contributed by atoms with Crippen molar-refractivity contribution in [2.75, 3.05) is 0 Å². The molecular formula is C10H11ClO2. The number of hydrogen-bond acceptors (Lipinski definition) is 2. The molecule has 0 amide bonds. The molecule has 1 aliphatic heterocycles. The van der Waals surface area contributed by atoms with Crippen LogP contribution >= 0.6 is 11.6 Å². The summed E-state index contributed by atoms with van der Waals surface area (Å²) in [5.41, 5.74) is 0.819. The molecule has 1 heterocycles. The molecule has 0 atom stereocenters. The zero-order chi connectivity index (χ0) is 9.84. The van der Waals surface area contributed by atoms with E-state index in [4.69, 9.17) is 16.3 Å². The maximum atomic E-state index is 10.9. The highest BCUT2D eigenvalue weighted by Crippen LogP contribution is 2.24. The molecular weight excluding hydrogens is 188 g/mol. The predicted molar refractivity (Wildman–Crippen MR) is 52.2 cm³/mol. The summed E-state index contributed by atoms with van der Waals surface area (Å²) < 4.78 is 4.97. The smallest absolute Gasteiger partial charge is 0.311 e. The van der Waals surface area contributed by atoms with Crippen LogP contribution in [0.5, 0.6) is 0 Å². The number of hydrogen-bond donors (Lipinski definition) is 0. The maximum absolute atomic E-state index is 10.9. The Bertz CT molecular complexity index is 300. The van der Waals surface area contributed by atoms with Gasteiger partial charge >= 0.3 is 5.97 Å². The van der Waals surface area contributed by atoms with Gasteiger partial charge in [0.05, 0.1) is 6.42 Å². The molecule has 70 valence electrons. The second-order valence-corrected chi connectivity index (χ2v) is 3.20. The van der Waals surface area contributed by atoms with Gasteiger partial charge in [0, 0.05) is 5.03 Å². The molecule has 0 aromatic rings. The summed E-state index contributed by atoms with van der Waals surface area (Å²) in [7, 11) is 0. The van der Waals surface area contributed by atoms with Crippen molar-refractivity contribution in [2.45, 2.75) is 19.8 Å². The van der Waals surface area contributed by atoms with Crippen LogP contribution in [0, 0.1) is 0 Å². The van der Waals surface area contributed by atoms with Gasteiger partial charge < -0.3 is 4.74 Å². The highest BCUT2D eigenvalue weighted by molar-refractivity contribution is 6.31. The Morgan fingerprint density at radius 1 is 1.62 bits per heavy atom. The van der Waals surface area contributed by atoms with E-state index in [-0.39, 0.29) is 5.97 Å². The van der Waals surface area contributed by atoms with Crippen LogP contribution in [0.2, 0.25) is 0 Å². The van der Waals surface area contributed by atoms with Crippen LogP contribution in [0.15, 0.2) is 35.1 Å². The van der Waals surface area contributed by atoms with E-state index < -0.39 is 0 Å². The van der Waals surface area contributed by atoms with Gasteiger partial charge in [-0.15, -0.1) is 0 Å². The summed E-state index contributed by atoms with van der Waals surface area (Å²) in [6.07, 6.45) is 4.40. The lowest BCUT2D eigenvalue weighted by Gasteiger charge is -2.16. The summed E-state index contributed by atoms with van der Waals surface area (Å²) in [5.74, 6) is 0.263. The molecule has 1 fully saturated rings. The molecule has 0 aliphatic carbocycles. The first-order valence-corrected chi connectivity index (χ1v) is 4.43. The van der Waals surface area contributed by atoms with Crippen molar-refractivity contribution in [2.24, 2.45) is 0 Å². The van der Waals surface area contributed by atoms with Crippen LogP contribution in [-0.4, -0.2) is 5.97 Å². The van der Waals surface area contributed by atoms with Gasteiger partial charge in [-0.1, -0.05) is 24.3 Å². The van der Waals surface area contributed by atoms with Crippen molar-refractivity contribution >= 4 is 17.6 Å². The van der Waals surface area contributed by atoms with Crippen molar-refractivity contribution in [3.63, 3.8) is 0 Å². The van der Waals surface area contributed by atoms with E-state index >= 15 is 0 Å². The van der Waals surface area contributed by atoms with E-state index in [0.29, 0.717) is 23.6 Å². The molecule has 3 heteroatoms. The van der Waals surface area contributed by atoms with Crippen molar-refractivity contribution in [3.05, 3.63) is 35.1 Å². The molecule has 0 spiro atoms. The number of rotatable bonds is 1. The molecule has 0 aromatic carbocycles. The lowest BCUT2D eigenvalue weighted by atomic mass is 10.1. The van der Waals surface area contributed by atoms with Crippen LogP contribution in [-0.2, 0) is 9.53 Å². The number of esters is 1. The third-order valence-corrected chi connectivity index (χ3v) is 2.08. The van der Waals surface area contributed by atoms with Gasteiger partial charge in [-0.25, -0.2) is 0 Å². The fraction of sp³-hybridized carbons (Fsp3) is 0.300. The molecule has 1 saturated heterocycles. The lowest BCUT2D eigenvalue weighted by molar-refractivity contribution is -0.140. The first-order valence-electron chi connectivity index (χ1n) is 4.06. The lowest BCUT2D eigenvalue weighted by Crippen LogP contribution is -2.12. The number of ether oxygens (including phenoxy) is 1. The van der Waals surface area contributed by atoms with Crippen LogP contribution in [0.3, 0.4) is 0 Å². The SMILES string of the molecule is C=C1CCC(=O)O/C1=C/C(Cl)=C\C. The average molecular weight is 199 g/mol. The molecule has 0 N–H and O–H groups in total. The molecule has 0 radical (unpaired) electrons. The van der Waals surface area contributed by atoms with E-state index in [2.05, 4.69) is 6.58 Å². The van der Waals surface area contributed by atoms with Gasteiger partial charge in [0.2, 0.25) is 0 Å². The number of carbonyl (C=O) groups is 1. The summed E-state index contributed by atoms with van der Waals surface area (Å²) in [4.78, 5) is 10.9. The minimum Gasteiger partial charge on any atom is -0.426 e. The Morgan fingerprint density at radius 3 is 2.92 bits per heavy atom. The summed E-state index contributed by atoms with van der Waals surface area (Å²) in [6, 6.07) is 0.